The van der Waals surface area contributed by atoms with Crippen molar-refractivity contribution in [3.05, 3.63) is 65.7 Å². The van der Waals surface area contributed by atoms with Gasteiger partial charge in [-0.1, -0.05) is 42.5 Å². The summed E-state index contributed by atoms with van der Waals surface area (Å²) in [5.41, 5.74) is 2.36. The van der Waals surface area contributed by atoms with Crippen molar-refractivity contribution in [2.45, 2.75) is 38.9 Å². The van der Waals surface area contributed by atoms with Crippen molar-refractivity contribution in [2.75, 3.05) is 33.3 Å². The second-order valence-corrected chi connectivity index (χ2v) is 7.95. The first-order valence-corrected chi connectivity index (χ1v) is 11.4. The lowest BCUT2D eigenvalue weighted by atomic mass is 10.2. The van der Waals surface area contributed by atoms with Crippen molar-refractivity contribution in [1.29, 1.82) is 0 Å². The summed E-state index contributed by atoms with van der Waals surface area (Å²) in [6.07, 6.45) is 2.38. The molecule has 1 unspecified atom stereocenters. The number of nitrogens with zero attached hydrogens (tertiary/aromatic N) is 2. The van der Waals surface area contributed by atoms with Gasteiger partial charge in [0.2, 0.25) is 5.91 Å². The van der Waals surface area contributed by atoms with Crippen LogP contribution in [0.5, 0.6) is 5.75 Å². The van der Waals surface area contributed by atoms with E-state index in [1.54, 1.807) is 7.11 Å². The number of hydrogen-bond acceptors (Lipinski definition) is 4. The molecule has 0 spiro atoms. The van der Waals surface area contributed by atoms with Crippen LogP contribution in [0.25, 0.3) is 0 Å². The maximum atomic E-state index is 12.3. The van der Waals surface area contributed by atoms with E-state index in [1.165, 1.54) is 18.4 Å². The molecule has 0 aliphatic carbocycles. The number of carbonyl (C=O) groups excluding carboxylic acids is 1. The number of benzene rings is 2. The SMILES string of the molecule is CCNC(=NCC(=O)NCc1ccc(OC)cc1)NCC1CCCN1Cc1ccccc1. The summed E-state index contributed by atoms with van der Waals surface area (Å²) in [7, 11) is 1.64. The number of methoxy groups -OCH3 is 1. The van der Waals surface area contributed by atoms with Crippen LogP contribution in [0.15, 0.2) is 59.6 Å². The van der Waals surface area contributed by atoms with E-state index >= 15 is 0 Å². The number of aliphatic imine (C=N–C) groups is 1. The number of hydrogen-bond donors (Lipinski definition) is 3. The van der Waals surface area contributed by atoms with E-state index in [0.29, 0.717) is 18.5 Å². The van der Waals surface area contributed by atoms with E-state index in [2.05, 4.69) is 56.2 Å². The fourth-order valence-corrected chi connectivity index (χ4v) is 3.86. The Labute approximate surface area is 191 Å². The largest absolute Gasteiger partial charge is 0.497 e. The first-order valence-electron chi connectivity index (χ1n) is 11.4. The van der Waals surface area contributed by atoms with E-state index in [0.717, 1.165) is 37.5 Å². The summed E-state index contributed by atoms with van der Waals surface area (Å²) in [5, 5.41) is 9.58. The van der Waals surface area contributed by atoms with Crippen LogP contribution < -0.4 is 20.7 Å². The minimum Gasteiger partial charge on any atom is -0.497 e. The van der Waals surface area contributed by atoms with Gasteiger partial charge in [0.05, 0.1) is 7.11 Å². The molecule has 1 aliphatic rings. The van der Waals surface area contributed by atoms with Crippen molar-refractivity contribution in [3.8, 4) is 5.75 Å². The van der Waals surface area contributed by atoms with Crippen LogP contribution in [0.4, 0.5) is 0 Å². The Bertz CT molecular complexity index is 854. The van der Waals surface area contributed by atoms with Gasteiger partial charge in [-0.25, -0.2) is 4.99 Å². The summed E-state index contributed by atoms with van der Waals surface area (Å²) in [4.78, 5) is 19.2. The van der Waals surface area contributed by atoms with Gasteiger partial charge in [-0.15, -0.1) is 0 Å². The van der Waals surface area contributed by atoms with Crippen LogP contribution in [0, 0.1) is 0 Å². The molecule has 0 saturated carbocycles. The zero-order valence-electron chi connectivity index (χ0n) is 19.1. The molecule has 1 saturated heterocycles. The second-order valence-electron chi connectivity index (χ2n) is 7.95. The quantitative estimate of drug-likeness (QED) is 0.393. The van der Waals surface area contributed by atoms with E-state index in [9.17, 15) is 4.79 Å². The highest BCUT2D eigenvalue weighted by molar-refractivity contribution is 5.84. The highest BCUT2D eigenvalue weighted by Crippen LogP contribution is 2.19. The molecule has 1 fully saturated rings. The number of amides is 1. The van der Waals surface area contributed by atoms with Crippen LogP contribution in [0.2, 0.25) is 0 Å². The van der Waals surface area contributed by atoms with E-state index in [4.69, 9.17) is 4.74 Å². The number of guanidine groups is 1. The van der Waals surface area contributed by atoms with Crippen LogP contribution in [-0.2, 0) is 17.9 Å². The van der Waals surface area contributed by atoms with E-state index < -0.39 is 0 Å². The average molecular weight is 438 g/mol. The van der Waals surface area contributed by atoms with Gasteiger partial charge in [-0.05, 0) is 49.6 Å². The fourth-order valence-electron chi connectivity index (χ4n) is 3.86. The highest BCUT2D eigenvalue weighted by Gasteiger charge is 2.24. The topological polar surface area (TPSA) is 78.0 Å². The number of ether oxygens (including phenoxy) is 1. The maximum Gasteiger partial charge on any atom is 0.242 e. The van der Waals surface area contributed by atoms with Crippen LogP contribution in [0.3, 0.4) is 0 Å². The Morgan fingerprint density at radius 2 is 1.84 bits per heavy atom. The lowest BCUT2D eigenvalue weighted by molar-refractivity contribution is -0.119. The van der Waals surface area contributed by atoms with Gasteiger partial charge in [0, 0.05) is 32.2 Å². The molecule has 0 aromatic heterocycles. The summed E-state index contributed by atoms with van der Waals surface area (Å²) in [5.74, 6) is 1.37. The van der Waals surface area contributed by atoms with Crippen LogP contribution in [-0.4, -0.2) is 56.1 Å². The zero-order valence-corrected chi connectivity index (χ0v) is 19.1. The smallest absolute Gasteiger partial charge is 0.242 e. The number of nitrogens with one attached hydrogen (secondary N) is 3. The highest BCUT2D eigenvalue weighted by atomic mass is 16.5. The first-order chi connectivity index (χ1) is 15.7. The first kappa shape index (κ1) is 23.6. The predicted molar refractivity (Wildman–Crippen MR) is 129 cm³/mol. The third-order valence-corrected chi connectivity index (χ3v) is 5.61. The van der Waals surface area contributed by atoms with Gasteiger partial charge >= 0.3 is 0 Å². The Balaban J connectivity index is 1.45. The summed E-state index contributed by atoms with van der Waals surface area (Å²) < 4.78 is 5.16. The van der Waals surface area contributed by atoms with Crippen molar-refractivity contribution in [3.63, 3.8) is 0 Å². The van der Waals surface area contributed by atoms with Gasteiger partial charge in [0.25, 0.3) is 0 Å². The molecule has 2 aromatic rings. The Hall–Kier alpha value is -3.06. The molecule has 0 radical (unpaired) electrons. The number of rotatable bonds is 10. The van der Waals surface area contributed by atoms with Crippen molar-refractivity contribution < 1.29 is 9.53 Å². The van der Waals surface area contributed by atoms with Crippen molar-refractivity contribution in [2.24, 2.45) is 4.99 Å². The molecule has 32 heavy (non-hydrogen) atoms. The Morgan fingerprint density at radius 3 is 2.56 bits per heavy atom. The lowest BCUT2D eigenvalue weighted by Crippen LogP contribution is -2.45. The molecule has 1 amide bonds. The average Bonchev–Trinajstić information content (AvgIpc) is 3.27. The molecule has 1 aliphatic heterocycles. The van der Waals surface area contributed by atoms with Gasteiger partial charge < -0.3 is 20.7 Å². The molecular weight excluding hydrogens is 402 g/mol. The molecule has 1 heterocycles. The van der Waals surface area contributed by atoms with Crippen molar-refractivity contribution >= 4 is 11.9 Å². The molecule has 1 atom stereocenters. The maximum absolute atomic E-state index is 12.3. The summed E-state index contributed by atoms with van der Waals surface area (Å²) in [6, 6.07) is 18.7. The third-order valence-electron chi connectivity index (χ3n) is 5.61. The standard InChI is InChI=1S/C25H35N5O2/c1-3-26-25(29-18-24(31)27-16-20-11-13-23(32-2)14-12-20)28-17-22-10-7-15-30(22)19-21-8-5-4-6-9-21/h4-6,8-9,11-14,22H,3,7,10,15-19H2,1-2H3,(H,27,31)(H2,26,28,29). The molecule has 172 valence electrons. The summed E-state index contributed by atoms with van der Waals surface area (Å²) in [6.45, 7) is 6.22. The molecular formula is C25H35N5O2. The number of carbonyl (C=O) groups is 1. The summed E-state index contributed by atoms with van der Waals surface area (Å²) >= 11 is 0. The van der Waals surface area contributed by atoms with Gasteiger partial charge in [-0.3, -0.25) is 9.69 Å². The van der Waals surface area contributed by atoms with Crippen molar-refractivity contribution in [1.82, 2.24) is 20.9 Å². The second kappa shape index (κ2) is 12.7. The van der Waals surface area contributed by atoms with Crippen LogP contribution in [0.1, 0.15) is 30.9 Å². The molecule has 3 rings (SSSR count). The van der Waals surface area contributed by atoms with E-state index in [1.807, 2.05) is 31.2 Å². The molecule has 0 bridgehead atoms. The minimum absolute atomic E-state index is 0.0872. The molecule has 7 nitrogen and oxygen atoms in total. The lowest BCUT2D eigenvalue weighted by Gasteiger charge is -2.25. The van der Waals surface area contributed by atoms with Gasteiger partial charge in [0.15, 0.2) is 5.96 Å². The molecule has 3 N–H and O–H groups in total. The van der Waals surface area contributed by atoms with Gasteiger partial charge in [-0.2, -0.15) is 0 Å². The molecule has 7 heteroatoms. The van der Waals surface area contributed by atoms with E-state index in [-0.39, 0.29) is 12.5 Å². The minimum atomic E-state index is -0.107. The zero-order chi connectivity index (χ0) is 22.6. The normalized spacial score (nSPS) is 16.6. The number of likely N-dealkylation sites (tertiary alicyclic amines) is 1. The third kappa shape index (κ3) is 7.57. The monoisotopic (exact) mass is 437 g/mol. The van der Waals surface area contributed by atoms with Crippen LogP contribution >= 0.6 is 0 Å². The fraction of sp³-hybridized carbons (Fsp3) is 0.440. The van der Waals surface area contributed by atoms with Gasteiger partial charge in [0.1, 0.15) is 12.3 Å². The predicted octanol–water partition coefficient (Wildman–Crippen LogP) is 2.53. The Morgan fingerprint density at radius 1 is 1.06 bits per heavy atom. The molecule has 2 aromatic carbocycles. The Kier molecular flexibility index (Phi) is 9.37.